The van der Waals surface area contributed by atoms with Crippen molar-refractivity contribution in [2.45, 2.75) is 19.3 Å². The number of allylic oxidation sites excluding steroid dienone is 2. The first-order chi connectivity index (χ1) is 17.5. The highest BCUT2D eigenvalue weighted by atomic mass is 35.5. The van der Waals surface area contributed by atoms with Gasteiger partial charge in [-0.1, -0.05) is 12.5 Å². The average Bonchev–Trinajstić information content (AvgIpc) is 3.63. The quantitative estimate of drug-likeness (QED) is 0.281. The molecule has 2 aliphatic heterocycles. The fraction of sp³-hybridized carbons (Fsp3) is 0.231. The molecule has 0 radical (unpaired) electrons. The molecule has 0 unspecified atom stereocenters. The smallest absolute Gasteiger partial charge is 0.484 e. The number of unbranched alkanes of at least 4 members (excludes halogenated alkanes) is 2. The molecule has 0 aliphatic carbocycles. The number of nitrogens with zero attached hydrogens (tertiary/aromatic N) is 2. The lowest BCUT2D eigenvalue weighted by Gasteiger charge is -2.30. The van der Waals surface area contributed by atoms with Crippen LogP contribution in [0.2, 0.25) is 0 Å². The second kappa shape index (κ2) is 11.5. The van der Waals surface area contributed by atoms with Gasteiger partial charge in [-0.15, -0.1) is 23.7 Å². The van der Waals surface area contributed by atoms with E-state index in [2.05, 4.69) is 5.32 Å². The fourth-order valence-corrected chi connectivity index (χ4v) is 5.33. The van der Waals surface area contributed by atoms with Crippen LogP contribution in [0.25, 0.3) is 16.6 Å². The Morgan fingerprint density at radius 2 is 1.89 bits per heavy atom. The van der Waals surface area contributed by atoms with E-state index in [4.69, 9.17) is 10.5 Å². The highest BCUT2D eigenvalue weighted by Gasteiger charge is 2.52. The Morgan fingerprint density at radius 1 is 1.08 bits per heavy atom. The van der Waals surface area contributed by atoms with E-state index in [1.807, 2.05) is 17.5 Å². The molecule has 2 aliphatic rings. The summed E-state index contributed by atoms with van der Waals surface area (Å²) in [6.07, 6.45) is 8.01. The van der Waals surface area contributed by atoms with Crippen molar-refractivity contribution in [3.05, 3.63) is 83.0 Å². The van der Waals surface area contributed by atoms with Crippen molar-refractivity contribution in [2.75, 3.05) is 19.7 Å². The van der Waals surface area contributed by atoms with E-state index < -0.39 is 6.97 Å². The zero-order chi connectivity index (χ0) is 25.1. The number of amides is 1. The van der Waals surface area contributed by atoms with E-state index >= 15 is 8.63 Å². The van der Waals surface area contributed by atoms with Crippen LogP contribution < -0.4 is 15.8 Å². The Hall–Kier alpha value is -3.21. The summed E-state index contributed by atoms with van der Waals surface area (Å²) in [4.78, 5) is 12.8. The number of thiophene rings is 1. The number of hydrogen-bond acceptors (Lipinski definition) is 4. The highest BCUT2D eigenvalue weighted by molar-refractivity contribution is 7.13. The van der Waals surface area contributed by atoms with Crippen molar-refractivity contribution in [3.63, 3.8) is 0 Å². The zero-order valence-electron chi connectivity index (χ0n) is 20.1. The third kappa shape index (κ3) is 5.41. The molecule has 0 atom stereocenters. The third-order valence-electron chi connectivity index (χ3n) is 6.31. The molecule has 11 heteroatoms. The molecule has 0 fully saturated rings. The van der Waals surface area contributed by atoms with E-state index in [1.165, 1.54) is 11.3 Å². The van der Waals surface area contributed by atoms with Crippen molar-refractivity contribution in [2.24, 2.45) is 5.73 Å². The summed E-state index contributed by atoms with van der Waals surface area (Å²) >= 11 is 1.44. The summed E-state index contributed by atoms with van der Waals surface area (Å²) in [5.74, 6) is 0.299. The molecule has 0 saturated heterocycles. The van der Waals surface area contributed by atoms with Crippen LogP contribution in [0.5, 0.6) is 5.75 Å². The Morgan fingerprint density at radius 3 is 2.62 bits per heavy atom. The van der Waals surface area contributed by atoms with Crippen LogP contribution in [0.15, 0.2) is 71.8 Å². The largest absolute Gasteiger partial charge is 0.737 e. The molecule has 6 nitrogen and oxygen atoms in total. The average molecular weight is 545 g/mol. The minimum atomic E-state index is -4.11. The number of ether oxygens (including phenoxy) is 1. The molecule has 1 aromatic carbocycles. The van der Waals surface area contributed by atoms with Crippen molar-refractivity contribution < 1.29 is 22.6 Å². The Balaban J connectivity index is 0.00000320. The second-order valence-corrected chi connectivity index (χ2v) is 9.70. The second-order valence-electron chi connectivity index (χ2n) is 8.75. The monoisotopic (exact) mass is 544 g/mol. The number of fused-ring (bicyclic) bond motifs is 2. The number of benzene rings is 1. The Labute approximate surface area is 224 Å². The molecule has 37 heavy (non-hydrogen) atoms. The van der Waals surface area contributed by atoms with Gasteiger partial charge in [0.15, 0.2) is 18.0 Å². The molecule has 1 amide bonds. The van der Waals surface area contributed by atoms with Gasteiger partial charge in [-0.25, -0.2) is 0 Å². The topological polar surface area (TPSA) is 72.3 Å². The standard InChI is InChI=1S/C26H27BF2N4O2S.ClH/c28-27(29)32-20(17-21-9-13-24(33(21)27)25-5-4-16-36-25)8-12-23(32)19-6-10-22(11-7-19)35-18-26(34)31-15-3-1-2-14-30;/h4-13,16-17H,1-3,14-15,18,30H2,(H,31,34);1H. The van der Waals surface area contributed by atoms with Crippen LogP contribution in [0, 0.1) is 0 Å². The number of hydrogen-bond donors (Lipinski definition) is 2. The Bertz CT molecular complexity index is 1350. The van der Waals surface area contributed by atoms with E-state index in [1.54, 1.807) is 54.6 Å². The maximum atomic E-state index is 16.0. The summed E-state index contributed by atoms with van der Waals surface area (Å²) in [5, 5.41) is 4.70. The fourth-order valence-electron chi connectivity index (χ4n) is 4.58. The first-order valence-electron chi connectivity index (χ1n) is 12.0. The highest BCUT2D eigenvalue weighted by Crippen LogP contribution is 2.37. The van der Waals surface area contributed by atoms with Gasteiger partial charge < -0.3 is 33.4 Å². The van der Waals surface area contributed by atoms with Gasteiger partial charge in [0.2, 0.25) is 0 Å². The van der Waals surface area contributed by atoms with Crippen LogP contribution in [0.3, 0.4) is 0 Å². The molecular weight excluding hydrogens is 517 g/mol. The molecule has 194 valence electrons. The van der Waals surface area contributed by atoms with E-state index in [-0.39, 0.29) is 24.9 Å². The number of rotatable bonds is 10. The molecule has 3 N–H and O–H groups in total. The van der Waals surface area contributed by atoms with Crippen LogP contribution in [-0.4, -0.2) is 47.2 Å². The van der Waals surface area contributed by atoms with Gasteiger partial charge >= 0.3 is 6.97 Å². The molecular formula is C26H28BClF2N4O2S. The molecule has 0 spiro atoms. The summed E-state index contributed by atoms with van der Waals surface area (Å²) in [6.45, 7) is -2.97. The van der Waals surface area contributed by atoms with Crippen molar-refractivity contribution in [1.29, 1.82) is 0 Å². The number of halogens is 3. The molecule has 0 saturated carbocycles. The third-order valence-corrected chi connectivity index (χ3v) is 7.21. The lowest BCUT2D eigenvalue weighted by molar-refractivity contribution is -0.360. The molecule has 4 heterocycles. The van der Waals surface area contributed by atoms with Crippen LogP contribution in [0.1, 0.15) is 30.5 Å². The maximum absolute atomic E-state index is 16.0. The SMILES string of the molecule is Cl.NCCCCCNC(=O)COc1ccc(C2=[N+]3C(=Cc4ccc(-c5cccs5)n4[B-]3(F)F)C=C2)cc1. The minimum Gasteiger partial charge on any atom is -0.484 e. The normalized spacial score (nSPS) is 15.1. The van der Waals surface area contributed by atoms with Crippen molar-refractivity contribution in [3.8, 4) is 16.3 Å². The van der Waals surface area contributed by atoms with Gasteiger partial charge in [-0.3, -0.25) is 4.79 Å². The van der Waals surface area contributed by atoms with Gasteiger partial charge in [0, 0.05) is 46.6 Å². The number of aromatic nitrogens is 1. The lowest BCUT2D eigenvalue weighted by Crippen LogP contribution is -2.50. The van der Waals surface area contributed by atoms with Gasteiger partial charge in [0.25, 0.3) is 5.91 Å². The number of carbonyl (C=O) groups excluding carboxylic acids is 1. The number of nitrogens with two attached hydrogens (primary N) is 1. The van der Waals surface area contributed by atoms with Crippen molar-refractivity contribution >= 4 is 48.4 Å². The van der Waals surface area contributed by atoms with Gasteiger partial charge in [0.1, 0.15) is 5.75 Å². The van der Waals surface area contributed by atoms with Gasteiger partial charge in [-0.05, 0) is 67.2 Å². The predicted molar refractivity (Wildman–Crippen MR) is 148 cm³/mol. The number of nitrogens with one attached hydrogen (secondary N) is 1. The van der Waals surface area contributed by atoms with Crippen LogP contribution >= 0.6 is 23.7 Å². The van der Waals surface area contributed by atoms with E-state index in [9.17, 15) is 4.79 Å². The Kier molecular flexibility index (Phi) is 8.31. The molecule has 3 aromatic rings. The molecule has 5 rings (SSSR count). The summed E-state index contributed by atoms with van der Waals surface area (Å²) in [7, 11) is 0. The van der Waals surface area contributed by atoms with Gasteiger partial charge in [0.05, 0.1) is 0 Å². The predicted octanol–water partition coefficient (Wildman–Crippen LogP) is 4.91. The minimum absolute atomic E-state index is 0. The summed E-state index contributed by atoms with van der Waals surface area (Å²) < 4.78 is 39.9. The summed E-state index contributed by atoms with van der Waals surface area (Å²) in [6, 6.07) is 14.1. The molecule has 2 aromatic heterocycles. The molecule has 0 bridgehead atoms. The van der Waals surface area contributed by atoms with E-state index in [0.717, 1.165) is 33.1 Å². The zero-order valence-corrected chi connectivity index (χ0v) is 21.7. The van der Waals surface area contributed by atoms with Crippen LogP contribution in [-0.2, 0) is 4.79 Å². The summed E-state index contributed by atoms with van der Waals surface area (Å²) in [5.41, 5.74) is 7.98. The number of carbonyl (C=O) groups is 1. The van der Waals surface area contributed by atoms with Gasteiger partial charge in [-0.2, -0.15) is 0 Å². The van der Waals surface area contributed by atoms with E-state index in [0.29, 0.717) is 47.2 Å². The van der Waals surface area contributed by atoms with Crippen LogP contribution in [0.4, 0.5) is 8.63 Å². The first-order valence-corrected chi connectivity index (χ1v) is 12.9. The lowest BCUT2D eigenvalue weighted by atomic mass is 9.90. The van der Waals surface area contributed by atoms with Crippen molar-refractivity contribution in [1.82, 2.24) is 9.79 Å². The first kappa shape index (κ1) is 26.8. The maximum Gasteiger partial charge on any atom is 0.737 e.